The fourth-order valence-corrected chi connectivity index (χ4v) is 4.50. The molecule has 0 aromatic carbocycles. The van der Waals surface area contributed by atoms with E-state index in [1.807, 2.05) is 22.4 Å². The highest BCUT2D eigenvalue weighted by Crippen LogP contribution is 2.25. The maximum atomic E-state index is 12.9. The first-order valence-electron chi connectivity index (χ1n) is 9.53. The number of nitrogens with zero attached hydrogens (tertiary/aromatic N) is 2. The van der Waals surface area contributed by atoms with Gasteiger partial charge in [0, 0.05) is 31.1 Å². The number of amides is 3. The molecule has 0 radical (unpaired) electrons. The molecule has 1 aromatic heterocycles. The third-order valence-corrected chi connectivity index (χ3v) is 6.23. The lowest BCUT2D eigenvalue weighted by Gasteiger charge is -2.35. The SMILES string of the molecule is COC(=O)C[C@H](NC(=O)[C@@H]1CCCN(C(=O)N2CCCC2)C1)c1cccs1. The fraction of sp³-hybridized carbons (Fsp3) is 0.632. The van der Waals surface area contributed by atoms with E-state index in [0.29, 0.717) is 13.1 Å². The van der Waals surface area contributed by atoms with Crippen LogP contribution in [0, 0.1) is 5.92 Å². The average Bonchev–Trinajstić information content (AvgIpc) is 3.40. The van der Waals surface area contributed by atoms with Crippen LogP contribution in [0.25, 0.3) is 0 Å². The monoisotopic (exact) mass is 393 g/mol. The second kappa shape index (κ2) is 9.21. The topological polar surface area (TPSA) is 79.0 Å². The highest BCUT2D eigenvalue weighted by molar-refractivity contribution is 7.10. The van der Waals surface area contributed by atoms with Gasteiger partial charge in [0.2, 0.25) is 5.91 Å². The number of rotatable bonds is 5. The molecule has 2 aliphatic heterocycles. The quantitative estimate of drug-likeness (QED) is 0.779. The lowest BCUT2D eigenvalue weighted by molar-refractivity contribution is -0.141. The van der Waals surface area contributed by atoms with E-state index >= 15 is 0 Å². The van der Waals surface area contributed by atoms with E-state index in [-0.39, 0.29) is 30.2 Å². The van der Waals surface area contributed by atoms with Gasteiger partial charge in [0.25, 0.3) is 0 Å². The summed E-state index contributed by atoms with van der Waals surface area (Å²) in [6.07, 6.45) is 3.79. The van der Waals surface area contributed by atoms with Crippen LogP contribution in [-0.2, 0) is 14.3 Å². The highest BCUT2D eigenvalue weighted by Gasteiger charge is 2.32. The van der Waals surface area contributed by atoms with E-state index in [1.165, 1.54) is 18.4 Å². The van der Waals surface area contributed by atoms with Crippen molar-refractivity contribution in [1.29, 1.82) is 0 Å². The summed E-state index contributed by atoms with van der Waals surface area (Å²) in [6, 6.07) is 3.46. The van der Waals surface area contributed by atoms with E-state index in [4.69, 9.17) is 4.74 Å². The average molecular weight is 394 g/mol. The van der Waals surface area contributed by atoms with Gasteiger partial charge in [-0.2, -0.15) is 0 Å². The van der Waals surface area contributed by atoms with Crippen LogP contribution in [0.3, 0.4) is 0 Å². The predicted octanol–water partition coefficient (Wildman–Crippen LogP) is 2.40. The number of methoxy groups -OCH3 is 1. The Kier molecular flexibility index (Phi) is 6.71. The van der Waals surface area contributed by atoms with Crippen LogP contribution in [0.1, 0.15) is 43.0 Å². The molecule has 2 saturated heterocycles. The maximum Gasteiger partial charge on any atom is 0.320 e. The number of carbonyl (C=O) groups excluding carboxylic acids is 3. The number of urea groups is 1. The minimum absolute atomic E-state index is 0.0503. The van der Waals surface area contributed by atoms with Crippen molar-refractivity contribution in [3.8, 4) is 0 Å². The van der Waals surface area contributed by atoms with Gasteiger partial charge in [-0.1, -0.05) is 6.07 Å². The van der Waals surface area contributed by atoms with Gasteiger partial charge in [0.05, 0.1) is 25.5 Å². The van der Waals surface area contributed by atoms with Gasteiger partial charge in [-0.15, -0.1) is 11.3 Å². The van der Waals surface area contributed by atoms with Crippen LogP contribution >= 0.6 is 11.3 Å². The normalized spacial score (nSPS) is 21.0. The molecule has 0 unspecified atom stereocenters. The summed E-state index contributed by atoms with van der Waals surface area (Å²) in [7, 11) is 1.35. The van der Waals surface area contributed by atoms with E-state index in [0.717, 1.165) is 43.6 Å². The van der Waals surface area contributed by atoms with Gasteiger partial charge in [0.15, 0.2) is 0 Å². The molecule has 2 atom stereocenters. The van der Waals surface area contributed by atoms with Crippen LogP contribution in [0.2, 0.25) is 0 Å². The second-order valence-corrected chi connectivity index (χ2v) is 8.10. The van der Waals surface area contributed by atoms with Crippen LogP contribution in [-0.4, -0.2) is 61.0 Å². The summed E-state index contributed by atoms with van der Waals surface area (Å²) in [5, 5.41) is 4.92. The minimum atomic E-state index is -0.394. The Morgan fingerprint density at radius 3 is 2.63 bits per heavy atom. The van der Waals surface area contributed by atoms with Crippen LogP contribution in [0.15, 0.2) is 17.5 Å². The minimum Gasteiger partial charge on any atom is -0.469 e. The summed E-state index contributed by atoms with van der Waals surface area (Å²) < 4.78 is 4.77. The second-order valence-electron chi connectivity index (χ2n) is 7.12. The molecule has 8 heteroatoms. The lowest BCUT2D eigenvalue weighted by Crippen LogP contribution is -2.50. The molecule has 27 heavy (non-hydrogen) atoms. The first kappa shape index (κ1) is 19.7. The first-order valence-corrected chi connectivity index (χ1v) is 10.4. The van der Waals surface area contributed by atoms with Crippen molar-refractivity contribution < 1.29 is 19.1 Å². The molecule has 0 bridgehead atoms. The van der Waals surface area contributed by atoms with E-state index < -0.39 is 6.04 Å². The molecule has 2 fully saturated rings. The van der Waals surface area contributed by atoms with Crippen molar-refractivity contribution in [2.45, 2.75) is 38.1 Å². The van der Waals surface area contributed by atoms with Crippen LogP contribution in [0.4, 0.5) is 4.79 Å². The highest BCUT2D eigenvalue weighted by atomic mass is 32.1. The smallest absolute Gasteiger partial charge is 0.320 e. The van der Waals surface area contributed by atoms with Gasteiger partial charge in [-0.3, -0.25) is 9.59 Å². The number of thiophene rings is 1. The Labute approximate surface area is 163 Å². The van der Waals surface area contributed by atoms with Crippen molar-refractivity contribution in [2.24, 2.45) is 5.92 Å². The molecular formula is C19H27N3O4S. The van der Waals surface area contributed by atoms with E-state index in [1.54, 1.807) is 4.90 Å². The van der Waals surface area contributed by atoms with Crippen molar-refractivity contribution in [3.63, 3.8) is 0 Å². The molecule has 2 aliphatic rings. The van der Waals surface area contributed by atoms with Crippen LogP contribution < -0.4 is 5.32 Å². The predicted molar refractivity (Wildman–Crippen MR) is 102 cm³/mol. The first-order chi connectivity index (χ1) is 13.1. The summed E-state index contributed by atoms with van der Waals surface area (Å²) in [5.41, 5.74) is 0. The molecule has 0 saturated carbocycles. The molecule has 0 aliphatic carbocycles. The third kappa shape index (κ3) is 5.00. The standard InChI is InChI=1S/C19H27N3O4S/c1-26-17(23)12-15(16-7-5-11-27-16)20-18(24)14-6-4-10-22(13-14)19(25)21-8-2-3-9-21/h5,7,11,14-15H,2-4,6,8-10,12-13H2,1H3,(H,20,24)/t14-,15+/m1/s1. The number of likely N-dealkylation sites (tertiary alicyclic amines) is 2. The molecule has 7 nitrogen and oxygen atoms in total. The lowest BCUT2D eigenvalue weighted by atomic mass is 9.96. The Hall–Kier alpha value is -2.09. The van der Waals surface area contributed by atoms with Gasteiger partial charge in [-0.25, -0.2) is 4.79 Å². The number of hydrogen-bond acceptors (Lipinski definition) is 5. The number of piperidine rings is 1. The molecule has 3 heterocycles. The molecule has 3 amide bonds. The zero-order valence-corrected chi connectivity index (χ0v) is 16.5. The molecule has 0 spiro atoms. The summed E-state index contributed by atoms with van der Waals surface area (Å²) >= 11 is 1.50. The summed E-state index contributed by atoms with van der Waals surface area (Å²) in [5.74, 6) is -0.704. The van der Waals surface area contributed by atoms with Gasteiger partial charge < -0.3 is 19.9 Å². The van der Waals surface area contributed by atoms with Gasteiger partial charge in [0.1, 0.15) is 0 Å². The molecule has 148 valence electrons. The van der Waals surface area contributed by atoms with Gasteiger partial charge >= 0.3 is 12.0 Å². The Morgan fingerprint density at radius 2 is 1.96 bits per heavy atom. The molecule has 1 N–H and O–H groups in total. The van der Waals surface area contributed by atoms with Gasteiger partial charge in [-0.05, 0) is 37.1 Å². The Balaban J connectivity index is 1.61. The van der Waals surface area contributed by atoms with Crippen molar-refractivity contribution in [2.75, 3.05) is 33.3 Å². The van der Waals surface area contributed by atoms with E-state index in [2.05, 4.69) is 5.32 Å². The van der Waals surface area contributed by atoms with Crippen LogP contribution in [0.5, 0.6) is 0 Å². The maximum absolute atomic E-state index is 12.9. The number of ether oxygens (including phenoxy) is 1. The van der Waals surface area contributed by atoms with Crippen molar-refractivity contribution in [1.82, 2.24) is 15.1 Å². The zero-order valence-electron chi connectivity index (χ0n) is 15.7. The Morgan fingerprint density at radius 1 is 1.22 bits per heavy atom. The summed E-state index contributed by atoms with van der Waals surface area (Å²) in [4.78, 5) is 41.8. The van der Waals surface area contributed by atoms with Crippen molar-refractivity contribution in [3.05, 3.63) is 22.4 Å². The fourth-order valence-electron chi connectivity index (χ4n) is 3.73. The number of esters is 1. The zero-order chi connectivity index (χ0) is 19.2. The third-order valence-electron chi connectivity index (χ3n) is 5.24. The number of nitrogens with one attached hydrogen (secondary N) is 1. The number of carbonyl (C=O) groups is 3. The largest absolute Gasteiger partial charge is 0.469 e. The van der Waals surface area contributed by atoms with E-state index in [9.17, 15) is 14.4 Å². The summed E-state index contributed by atoms with van der Waals surface area (Å²) in [6.45, 7) is 2.77. The molecule has 3 rings (SSSR count). The van der Waals surface area contributed by atoms with Crippen molar-refractivity contribution >= 4 is 29.2 Å². The Bertz CT molecular complexity index is 658. The molecular weight excluding hydrogens is 366 g/mol. The number of hydrogen-bond donors (Lipinski definition) is 1. The molecule has 1 aromatic rings.